The Labute approximate surface area is 129 Å². The number of anilines is 1. The molecule has 1 N–H and O–H groups in total. The lowest BCUT2D eigenvalue weighted by Crippen LogP contribution is -2.13. The summed E-state index contributed by atoms with van der Waals surface area (Å²) in [5, 5.41) is 2.92. The van der Waals surface area contributed by atoms with Crippen molar-refractivity contribution in [3.63, 3.8) is 0 Å². The molecule has 0 spiro atoms. The zero-order chi connectivity index (χ0) is 15.9. The minimum atomic E-state index is -0.112. The van der Waals surface area contributed by atoms with Crippen molar-refractivity contribution >= 4 is 11.6 Å². The Bertz CT molecular complexity index is 732. The van der Waals surface area contributed by atoms with Gasteiger partial charge < -0.3 is 19.4 Å². The number of hydrogen-bond donors (Lipinski definition) is 1. The number of carbonyl (C=O) groups excluding carboxylic acids is 1. The highest BCUT2D eigenvalue weighted by molar-refractivity contribution is 6.05. The average molecular weight is 300 g/mol. The highest BCUT2D eigenvalue weighted by Gasteiger charge is 2.19. The Morgan fingerprint density at radius 2 is 1.91 bits per heavy atom. The van der Waals surface area contributed by atoms with Crippen molar-refractivity contribution in [3.05, 3.63) is 41.2 Å². The van der Waals surface area contributed by atoms with Gasteiger partial charge in [-0.25, -0.2) is 0 Å². The van der Waals surface area contributed by atoms with Gasteiger partial charge in [-0.3, -0.25) is 4.79 Å². The molecular formula is C17H20N2O3. The molecule has 1 amide bonds. The number of aromatic nitrogens is 1. The molecule has 5 heteroatoms. The van der Waals surface area contributed by atoms with Crippen LogP contribution in [-0.2, 0) is 0 Å². The molecule has 5 nitrogen and oxygen atoms in total. The van der Waals surface area contributed by atoms with Gasteiger partial charge in [-0.15, -0.1) is 0 Å². The summed E-state index contributed by atoms with van der Waals surface area (Å²) >= 11 is 0. The van der Waals surface area contributed by atoms with Crippen molar-refractivity contribution in [2.75, 3.05) is 12.1 Å². The number of hydrogen-bond acceptors (Lipinski definition) is 3. The third-order valence-corrected chi connectivity index (χ3v) is 3.88. The van der Waals surface area contributed by atoms with Crippen molar-refractivity contribution in [1.29, 1.82) is 0 Å². The molecule has 0 saturated heterocycles. The van der Waals surface area contributed by atoms with Crippen LogP contribution in [0.2, 0.25) is 0 Å². The number of benzene rings is 1. The average Bonchev–Trinajstić information content (AvgIpc) is 3.02. The van der Waals surface area contributed by atoms with E-state index in [0.717, 1.165) is 11.4 Å². The van der Waals surface area contributed by atoms with Crippen molar-refractivity contribution in [3.8, 4) is 11.5 Å². The predicted molar refractivity (Wildman–Crippen MR) is 84.8 cm³/mol. The van der Waals surface area contributed by atoms with E-state index in [4.69, 9.17) is 9.47 Å². The highest BCUT2D eigenvalue weighted by atomic mass is 16.7. The Morgan fingerprint density at radius 3 is 2.59 bits per heavy atom. The van der Waals surface area contributed by atoms with Crippen LogP contribution in [0, 0.1) is 13.8 Å². The number of nitrogens with zero attached hydrogens (tertiary/aromatic N) is 1. The maximum absolute atomic E-state index is 12.5. The molecule has 0 saturated carbocycles. The van der Waals surface area contributed by atoms with E-state index < -0.39 is 0 Å². The second kappa shape index (κ2) is 5.40. The van der Waals surface area contributed by atoms with Crippen molar-refractivity contribution in [2.45, 2.75) is 33.7 Å². The molecule has 0 aliphatic carbocycles. The zero-order valence-corrected chi connectivity index (χ0v) is 13.3. The first-order valence-corrected chi connectivity index (χ1v) is 7.37. The van der Waals surface area contributed by atoms with Crippen LogP contribution < -0.4 is 14.8 Å². The van der Waals surface area contributed by atoms with Crippen LogP contribution in [0.5, 0.6) is 11.5 Å². The molecule has 0 bridgehead atoms. The molecule has 3 rings (SSSR count). The molecule has 1 aromatic heterocycles. The largest absolute Gasteiger partial charge is 0.454 e. The van der Waals surface area contributed by atoms with Crippen molar-refractivity contribution < 1.29 is 14.3 Å². The van der Waals surface area contributed by atoms with Crippen molar-refractivity contribution in [2.24, 2.45) is 0 Å². The smallest absolute Gasteiger partial charge is 0.257 e. The van der Waals surface area contributed by atoms with E-state index in [1.54, 1.807) is 12.1 Å². The minimum Gasteiger partial charge on any atom is -0.454 e. The summed E-state index contributed by atoms with van der Waals surface area (Å²) in [7, 11) is 0. The Hall–Kier alpha value is -2.43. The first kappa shape index (κ1) is 14.5. The molecular weight excluding hydrogens is 280 g/mol. The molecule has 0 radical (unpaired) electrons. The van der Waals surface area contributed by atoms with E-state index in [-0.39, 0.29) is 12.7 Å². The molecule has 22 heavy (non-hydrogen) atoms. The highest BCUT2D eigenvalue weighted by Crippen LogP contribution is 2.34. The van der Waals surface area contributed by atoms with Crippen molar-refractivity contribution in [1.82, 2.24) is 4.57 Å². The second-order valence-corrected chi connectivity index (χ2v) is 5.77. The van der Waals surface area contributed by atoms with E-state index in [1.807, 2.05) is 26.0 Å². The van der Waals surface area contributed by atoms with Crippen LogP contribution in [0.1, 0.15) is 41.6 Å². The van der Waals surface area contributed by atoms with Gasteiger partial charge in [0.1, 0.15) is 0 Å². The maximum Gasteiger partial charge on any atom is 0.257 e. The summed E-state index contributed by atoms with van der Waals surface area (Å²) in [6, 6.07) is 7.65. The summed E-state index contributed by atoms with van der Waals surface area (Å²) < 4.78 is 12.8. The van der Waals surface area contributed by atoms with Crippen LogP contribution >= 0.6 is 0 Å². The molecule has 0 fully saturated rings. The fourth-order valence-electron chi connectivity index (χ4n) is 2.97. The van der Waals surface area contributed by atoms with Gasteiger partial charge in [0.25, 0.3) is 5.91 Å². The lowest BCUT2D eigenvalue weighted by atomic mass is 10.2. The molecule has 1 aromatic carbocycles. The normalized spacial score (nSPS) is 12.8. The topological polar surface area (TPSA) is 52.5 Å². The minimum absolute atomic E-state index is 0.112. The number of carbonyl (C=O) groups is 1. The van der Waals surface area contributed by atoms with Crippen LogP contribution in [-0.4, -0.2) is 17.3 Å². The van der Waals surface area contributed by atoms with E-state index in [2.05, 4.69) is 23.7 Å². The zero-order valence-electron chi connectivity index (χ0n) is 13.3. The Kier molecular flexibility index (Phi) is 3.56. The number of aryl methyl sites for hydroxylation is 1. The standard InChI is InChI=1S/C17H20N2O3/c1-10(2)19-11(3)7-14(12(19)4)17(20)18-13-5-6-15-16(8-13)22-9-21-15/h5-8,10H,9H2,1-4H3,(H,18,20). The lowest BCUT2D eigenvalue weighted by Gasteiger charge is -2.13. The van der Waals surface area contributed by atoms with Gasteiger partial charge in [0.05, 0.1) is 5.56 Å². The van der Waals surface area contributed by atoms with Gasteiger partial charge in [0, 0.05) is 29.2 Å². The fourth-order valence-corrected chi connectivity index (χ4v) is 2.97. The molecule has 2 heterocycles. The van der Waals surface area contributed by atoms with Crippen LogP contribution in [0.15, 0.2) is 24.3 Å². The first-order valence-electron chi connectivity index (χ1n) is 7.37. The third-order valence-electron chi connectivity index (χ3n) is 3.88. The maximum atomic E-state index is 12.5. The molecule has 116 valence electrons. The number of amides is 1. The summed E-state index contributed by atoms with van der Waals surface area (Å²) in [6.07, 6.45) is 0. The van der Waals surface area contributed by atoms with Gasteiger partial charge in [0.15, 0.2) is 11.5 Å². The molecule has 0 atom stereocenters. The first-order chi connectivity index (χ1) is 10.5. The third kappa shape index (κ3) is 2.43. The lowest BCUT2D eigenvalue weighted by molar-refractivity contribution is 0.102. The Morgan fingerprint density at radius 1 is 1.18 bits per heavy atom. The van der Waals surface area contributed by atoms with Gasteiger partial charge in [0.2, 0.25) is 6.79 Å². The van der Waals surface area contributed by atoms with E-state index >= 15 is 0 Å². The van der Waals surface area contributed by atoms with Gasteiger partial charge in [-0.2, -0.15) is 0 Å². The number of rotatable bonds is 3. The summed E-state index contributed by atoms with van der Waals surface area (Å²) in [5.74, 6) is 1.25. The Balaban J connectivity index is 1.85. The van der Waals surface area contributed by atoms with E-state index in [1.165, 1.54) is 0 Å². The summed E-state index contributed by atoms with van der Waals surface area (Å²) in [5.41, 5.74) is 3.46. The van der Waals surface area contributed by atoms with Crippen LogP contribution in [0.4, 0.5) is 5.69 Å². The number of fused-ring (bicyclic) bond motifs is 1. The van der Waals surface area contributed by atoms with Crippen LogP contribution in [0.25, 0.3) is 0 Å². The summed E-state index contributed by atoms with van der Waals surface area (Å²) in [4.78, 5) is 12.5. The molecule has 0 unspecified atom stereocenters. The predicted octanol–water partition coefficient (Wildman–Crippen LogP) is 3.67. The second-order valence-electron chi connectivity index (χ2n) is 5.77. The molecule has 2 aromatic rings. The van der Waals surface area contributed by atoms with Crippen LogP contribution in [0.3, 0.4) is 0 Å². The molecule has 1 aliphatic rings. The number of ether oxygens (including phenoxy) is 2. The fraction of sp³-hybridized carbons (Fsp3) is 0.353. The van der Waals surface area contributed by atoms with E-state index in [0.29, 0.717) is 28.8 Å². The number of nitrogens with one attached hydrogen (secondary N) is 1. The van der Waals surface area contributed by atoms with Gasteiger partial charge >= 0.3 is 0 Å². The monoisotopic (exact) mass is 300 g/mol. The van der Waals surface area contributed by atoms with E-state index in [9.17, 15) is 4.79 Å². The quantitative estimate of drug-likeness (QED) is 0.941. The summed E-state index contributed by atoms with van der Waals surface area (Å²) in [6.45, 7) is 8.44. The SMILES string of the molecule is Cc1cc(C(=O)Nc2ccc3c(c2)OCO3)c(C)n1C(C)C. The van der Waals surface area contributed by atoms with Gasteiger partial charge in [-0.05, 0) is 45.9 Å². The molecule has 1 aliphatic heterocycles. The van der Waals surface area contributed by atoms with Gasteiger partial charge in [-0.1, -0.05) is 0 Å².